The van der Waals surface area contributed by atoms with Crippen molar-refractivity contribution in [3.8, 4) is 0 Å². The lowest BCUT2D eigenvalue weighted by molar-refractivity contribution is -0.151. The number of halogens is 2. The van der Waals surface area contributed by atoms with Crippen molar-refractivity contribution in [2.75, 3.05) is 13.1 Å². The first-order valence-corrected chi connectivity index (χ1v) is 8.72. The molecule has 2 heterocycles. The molecule has 1 aromatic heterocycles. The molecule has 0 unspecified atom stereocenters. The molecule has 0 N–H and O–H groups in total. The number of amides is 1. The maximum atomic E-state index is 13.0. The van der Waals surface area contributed by atoms with Crippen LogP contribution in [0.4, 0.5) is 4.39 Å². The molecule has 1 aliphatic heterocycles. The number of esters is 1. The normalized spacial score (nSPS) is 14.9. The van der Waals surface area contributed by atoms with Crippen LogP contribution in [-0.4, -0.2) is 34.8 Å². The number of carbonyl (C=O) groups is 2. The van der Waals surface area contributed by atoms with Crippen molar-refractivity contribution in [2.45, 2.75) is 19.4 Å². The van der Waals surface area contributed by atoms with Crippen molar-refractivity contribution in [1.82, 2.24) is 9.88 Å². The highest BCUT2D eigenvalue weighted by Gasteiger charge is 2.28. The number of hydrogen-bond donors (Lipinski definition) is 0. The van der Waals surface area contributed by atoms with Gasteiger partial charge in [0, 0.05) is 30.4 Å². The van der Waals surface area contributed by atoms with Crippen molar-refractivity contribution >= 4 is 23.5 Å². The average Bonchev–Trinajstić information content (AvgIpc) is 2.67. The zero-order valence-electron chi connectivity index (χ0n) is 14.0. The minimum Gasteiger partial charge on any atom is -0.461 e. The second-order valence-electron chi connectivity index (χ2n) is 6.17. The molecule has 1 aromatic carbocycles. The highest BCUT2D eigenvalue weighted by Crippen LogP contribution is 2.21. The number of aromatic nitrogens is 1. The zero-order valence-corrected chi connectivity index (χ0v) is 14.8. The van der Waals surface area contributed by atoms with Gasteiger partial charge >= 0.3 is 5.97 Å². The first-order chi connectivity index (χ1) is 12.5. The third-order valence-corrected chi connectivity index (χ3v) is 4.60. The zero-order chi connectivity index (χ0) is 18.5. The van der Waals surface area contributed by atoms with Gasteiger partial charge in [-0.2, -0.15) is 0 Å². The Balaban J connectivity index is 1.48. The second-order valence-corrected chi connectivity index (χ2v) is 6.56. The third kappa shape index (κ3) is 4.58. The summed E-state index contributed by atoms with van der Waals surface area (Å²) in [4.78, 5) is 30.2. The summed E-state index contributed by atoms with van der Waals surface area (Å²) < 4.78 is 18.3. The van der Waals surface area contributed by atoms with E-state index in [0.29, 0.717) is 36.6 Å². The number of pyridine rings is 1. The number of benzene rings is 1. The van der Waals surface area contributed by atoms with E-state index < -0.39 is 0 Å². The molecule has 1 saturated heterocycles. The van der Waals surface area contributed by atoms with Crippen molar-refractivity contribution in [1.29, 1.82) is 0 Å². The molecule has 5 nitrogen and oxygen atoms in total. The van der Waals surface area contributed by atoms with Crippen molar-refractivity contribution in [2.24, 2.45) is 5.92 Å². The van der Waals surface area contributed by atoms with Gasteiger partial charge < -0.3 is 9.64 Å². The van der Waals surface area contributed by atoms with Gasteiger partial charge in [-0.3, -0.25) is 9.59 Å². The van der Waals surface area contributed by atoms with Crippen LogP contribution in [0.5, 0.6) is 0 Å². The summed E-state index contributed by atoms with van der Waals surface area (Å²) >= 11 is 5.72. The van der Waals surface area contributed by atoms with E-state index >= 15 is 0 Å². The topological polar surface area (TPSA) is 59.5 Å². The quantitative estimate of drug-likeness (QED) is 0.605. The summed E-state index contributed by atoms with van der Waals surface area (Å²) in [5.41, 5.74) is 1.22. The maximum absolute atomic E-state index is 13.0. The minimum atomic E-state index is -0.376. The van der Waals surface area contributed by atoms with Gasteiger partial charge in [-0.05, 0) is 43.2 Å². The number of rotatable bonds is 4. The molecule has 2 aromatic rings. The lowest BCUT2D eigenvalue weighted by atomic mass is 9.96. The fourth-order valence-electron chi connectivity index (χ4n) is 2.86. The molecule has 1 fully saturated rings. The second kappa shape index (κ2) is 8.27. The van der Waals surface area contributed by atoms with E-state index in [1.54, 1.807) is 23.2 Å². The van der Waals surface area contributed by atoms with Gasteiger partial charge in [-0.1, -0.05) is 17.7 Å². The average molecular weight is 377 g/mol. The maximum Gasteiger partial charge on any atom is 0.309 e. The first-order valence-electron chi connectivity index (χ1n) is 8.35. The number of ether oxygens (including phenoxy) is 1. The van der Waals surface area contributed by atoms with E-state index in [2.05, 4.69) is 4.98 Å². The molecule has 0 atom stereocenters. The summed E-state index contributed by atoms with van der Waals surface area (Å²) in [5.74, 6) is -1.02. The number of piperidine rings is 1. The van der Waals surface area contributed by atoms with E-state index in [0.717, 1.165) is 5.56 Å². The fraction of sp³-hybridized carbons (Fsp3) is 0.316. The van der Waals surface area contributed by atoms with Crippen LogP contribution >= 0.6 is 11.6 Å². The molecule has 26 heavy (non-hydrogen) atoms. The number of hydrogen-bond acceptors (Lipinski definition) is 4. The fourth-order valence-corrected chi connectivity index (χ4v) is 2.97. The summed E-state index contributed by atoms with van der Waals surface area (Å²) in [6.45, 7) is 1.09. The Kier molecular flexibility index (Phi) is 5.83. The van der Waals surface area contributed by atoms with Crippen LogP contribution in [0.2, 0.25) is 5.15 Å². The first kappa shape index (κ1) is 18.3. The Morgan fingerprint density at radius 1 is 1.15 bits per heavy atom. The molecule has 0 spiro atoms. The lowest BCUT2D eigenvalue weighted by Gasteiger charge is -2.31. The predicted molar refractivity (Wildman–Crippen MR) is 94.1 cm³/mol. The number of nitrogens with zero attached hydrogens (tertiary/aromatic N) is 2. The standard InChI is InChI=1S/C19H18ClFN2O3/c20-17-6-1-13(11-22-17)12-26-19(25)15-7-9-23(10-8-15)18(24)14-2-4-16(21)5-3-14/h1-6,11,15H,7-10,12H2. The molecule has 1 amide bonds. The lowest BCUT2D eigenvalue weighted by Crippen LogP contribution is -2.40. The van der Waals surface area contributed by atoms with Crippen LogP contribution in [0, 0.1) is 11.7 Å². The number of carbonyl (C=O) groups excluding carboxylic acids is 2. The summed E-state index contributed by atoms with van der Waals surface area (Å²) in [6.07, 6.45) is 2.66. The van der Waals surface area contributed by atoms with E-state index in [9.17, 15) is 14.0 Å². The minimum absolute atomic E-state index is 0.149. The van der Waals surface area contributed by atoms with Gasteiger partial charge in [0.05, 0.1) is 5.92 Å². The van der Waals surface area contributed by atoms with E-state index in [-0.39, 0.29) is 30.2 Å². The molecular formula is C19H18ClFN2O3. The molecule has 0 bridgehead atoms. The molecule has 7 heteroatoms. The monoisotopic (exact) mass is 376 g/mol. The molecular weight excluding hydrogens is 359 g/mol. The largest absolute Gasteiger partial charge is 0.461 e. The Bertz CT molecular complexity index is 772. The van der Waals surface area contributed by atoms with Gasteiger partial charge in [0.15, 0.2) is 0 Å². The third-order valence-electron chi connectivity index (χ3n) is 4.38. The van der Waals surface area contributed by atoms with Gasteiger partial charge in [0.2, 0.25) is 0 Å². The van der Waals surface area contributed by atoms with Gasteiger partial charge in [-0.15, -0.1) is 0 Å². The summed E-state index contributed by atoms with van der Waals surface area (Å²) in [5, 5.41) is 0.387. The van der Waals surface area contributed by atoms with Crippen LogP contribution in [0.15, 0.2) is 42.6 Å². The predicted octanol–water partition coefficient (Wildman–Crippen LogP) is 3.47. The van der Waals surface area contributed by atoms with Crippen molar-refractivity contribution in [3.05, 3.63) is 64.7 Å². The van der Waals surface area contributed by atoms with Crippen LogP contribution in [0.25, 0.3) is 0 Å². The van der Waals surface area contributed by atoms with Gasteiger partial charge in [0.25, 0.3) is 5.91 Å². The molecule has 0 saturated carbocycles. The molecule has 1 aliphatic rings. The summed E-state index contributed by atoms with van der Waals surface area (Å²) in [6, 6.07) is 8.87. The Labute approximate surface area is 155 Å². The van der Waals surface area contributed by atoms with E-state index in [4.69, 9.17) is 16.3 Å². The number of likely N-dealkylation sites (tertiary alicyclic amines) is 1. The van der Waals surface area contributed by atoms with Crippen molar-refractivity contribution < 1.29 is 18.7 Å². The van der Waals surface area contributed by atoms with Crippen LogP contribution in [-0.2, 0) is 16.1 Å². The van der Waals surface area contributed by atoms with Gasteiger partial charge in [0.1, 0.15) is 17.6 Å². The van der Waals surface area contributed by atoms with Gasteiger partial charge in [-0.25, -0.2) is 9.37 Å². The Morgan fingerprint density at radius 2 is 1.85 bits per heavy atom. The van der Waals surface area contributed by atoms with Crippen LogP contribution < -0.4 is 0 Å². The van der Waals surface area contributed by atoms with E-state index in [1.165, 1.54) is 24.3 Å². The van der Waals surface area contributed by atoms with Crippen LogP contribution in [0.1, 0.15) is 28.8 Å². The highest BCUT2D eigenvalue weighted by atomic mass is 35.5. The smallest absolute Gasteiger partial charge is 0.309 e. The molecule has 136 valence electrons. The van der Waals surface area contributed by atoms with Crippen LogP contribution in [0.3, 0.4) is 0 Å². The molecule has 0 radical (unpaired) electrons. The van der Waals surface area contributed by atoms with E-state index in [1.807, 2.05) is 0 Å². The Morgan fingerprint density at radius 3 is 2.46 bits per heavy atom. The molecule has 3 rings (SSSR count). The van der Waals surface area contributed by atoms with Crippen molar-refractivity contribution in [3.63, 3.8) is 0 Å². The molecule has 0 aliphatic carbocycles. The Hall–Kier alpha value is -2.47. The summed E-state index contributed by atoms with van der Waals surface area (Å²) in [7, 11) is 0. The SMILES string of the molecule is O=C(OCc1ccc(Cl)nc1)C1CCN(C(=O)c2ccc(F)cc2)CC1. The highest BCUT2D eigenvalue weighted by molar-refractivity contribution is 6.29.